The zero-order valence-corrected chi connectivity index (χ0v) is 19.3. The second-order valence-electron chi connectivity index (χ2n) is 8.33. The molecule has 1 aliphatic heterocycles. The largest absolute Gasteiger partial charge is 0.362 e. The van der Waals surface area contributed by atoms with Gasteiger partial charge in [-0.15, -0.1) is 0 Å². The van der Waals surface area contributed by atoms with E-state index in [9.17, 15) is 23.4 Å². The molecule has 0 saturated carbocycles. The van der Waals surface area contributed by atoms with Crippen molar-refractivity contribution < 1.29 is 18.1 Å². The van der Waals surface area contributed by atoms with Gasteiger partial charge in [-0.05, 0) is 42.5 Å². The highest BCUT2D eigenvalue weighted by Gasteiger charge is 2.33. The minimum Gasteiger partial charge on any atom is -0.362 e. The van der Waals surface area contributed by atoms with E-state index in [1.807, 2.05) is 29.7 Å². The third-order valence-corrected chi connectivity index (χ3v) is 6.35. The van der Waals surface area contributed by atoms with Crippen LogP contribution in [-0.2, 0) is 11.3 Å². The predicted molar refractivity (Wildman–Crippen MR) is 123 cm³/mol. The normalized spacial score (nSPS) is 16.4. The molecule has 33 heavy (non-hydrogen) atoms. The molecule has 5 nitrogen and oxygen atoms in total. The van der Waals surface area contributed by atoms with Crippen molar-refractivity contribution in [3.63, 3.8) is 0 Å². The van der Waals surface area contributed by atoms with E-state index < -0.39 is 16.8 Å². The number of hydrogen-bond donors (Lipinski definition) is 0. The van der Waals surface area contributed by atoms with Gasteiger partial charge in [-0.1, -0.05) is 46.9 Å². The first kappa shape index (κ1) is 24.7. The lowest BCUT2D eigenvalue weighted by atomic mass is 10.0. The number of nitrogens with zero attached hydrogens (tertiary/aromatic N) is 4. The van der Waals surface area contributed by atoms with E-state index in [0.717, 1.165) is 25.0 Å². The van der Waals surface area contributed by atoms with E-state index in [4.69, 9.17) is 11.6 Å². The van der Waals surface area contributed by atoms with Crippen molar-refractivity contribution in [2.75, 3.05) is 23.3 Å². The highest BCUT2D eigenvalue weighted by Crippen LogP contribution is 2.32. The Morgan fingerprint density at radius 2 is 2.06 bits per heavy atom. The van der Waals surface area contributed by atoms with Crippen molar-refractivity contribution in [2.45, 2.75) is 45.7 Å². The molecule has 2 atom stereocenters. The first-order valence-corrected chi connectivity index (χ1v) is 11.3. The van der Waals surface area contributed by atoms with Crippen molar-refractivity contribution in [3.05, 3.63) is 58.4 Å². The minimum atomic E-state index is -1.10. The van der Waals surface area contributed by atoms with Gasteiger partial charge >= 0.3 is 0 Å². The second-order valence-corrected chi connectivity index (χ2v) is 8.73. The highest BCUT2D eigenvalue weighted by molar-refractivity contribution is 6.32. The summed E-state index contributed by atoms with van der Waals surface area (Å²) in [5.41, 5.74) is 0.644. The second kappa shape index (κ2) is 10.8. The number of amides is 1. The van der Waals surface area contributed by atoms with E-state index in [0.29, 0.717) is 30.8 Å². The fourth-order valence-electron chi connectivity index (χ4n) is 4.28. The Morgan fingerprint density at radius 3 is 2.70 bits per heavy atom. The molecular formula is C24H26ClF3N4O. The van der Waals surface area contributed by atoms with Crippen LogP contribution in [0.5, 0.6) is 0 Å². The summed E-state index contributed by atoms with van der Waals surface area (Å²) < 4.78 is 40.6. The fraction of sp³-hybridized carbons (Fsp3) is 0.417. The molecule has 3 rings (SSSR count). The van der Waals surface area contributed by atoms with E-state index in [1.165, 1.54) is 6.07 Å². The predicted octanol–water partition coefficient (Wildman–Crippen LogP) is 5.97. The van der Waals surface area contributed by atoms with Gasteiger partial charge in [-0.2, -0.15) is 5.26 Å². The van der Waals surface area contributed by atoms with Crippen LogP contribution in [0, 0.1) is 23.1 Å². The Labute approximate surface area is 196 Å². The van der Waals surface area contributed by atoms with Crippen LogP contribution in [-0.4, -0.2) is 29.9 Å². The molecule has 1 aliphatic rings. The molecule has 0 N–H and O–H groups in total. The van der Waals surface area contributed by atoms with Gasteiger partial charge in [0.15, 0.2) is 0 Å². The van der Waals surface area contributed by atoms with Gasteiger partial charge in [0, 0.05) is 48.9 Å². The number of hydrogen-bond acceptors (Lipinski definition) is 4. The minimum absolute atomic E-state index is 0.0550. The van der Waals surface area contributed by atoms with Crippen molar-refractivity contribution in [3.8, 4) is 6.07 Å². The Kier molecular flexibility index (Phi) is 8.09. The molecule has 0 aromatic heterocycles. The molecule has 1 amide bonds. The smallest absolute Gasteiger partial charge is 0.225 e. The topological polar surface area (TPSA) is 50.6 Å². The van der Waals surface area contributed by atoms with E-state index in [1.54, 1.807) is 18.2 Å². The van der Waals surface area contributed by atoms with Crippen LogP contribution in [0.25, 0.3) is 0 Å². The highest BCUT2D eigenvalue weighted by atomic mass is 35.5. The van der Waals surface area contributed by atoms with E-state index >= 15 is 0 Å². The monoisotopic (exact) mass is 478 g/mol. The molecule has 2 aromatic carbocycles. The van der Waals surface area contributed by atoms with Crippen LogP contribution >= 0.6 is 11.6 Å². The maximum absolute atomic E-state index is 13.6. The van der Waals surface area contributed by atoms with Gasteiger partial charge in [0.1, 0.15) is 17.6 Å². The van der Waals surface area contributed by atoms with Gasteiger partial charge in [-0.25, -0.2) is 4.39 Å². The van der Waals surface area contributed by atoms with Gasteiger partial charge in [0.2, 0.25) is 5.91 Å². The molecule has 176 valence electrons. The molecule has 0 spiro atoms. The number of benzene rings is 2. The Bertz CT molecular complexity index is 1040. The van der Waals surface area contributed by atoms with Crippen molar-refractivity contribution in [1.29, 1.82) is 5.26 Å². The number of nitriles is 1. The zero-order chi connectivity index (χ0) is 24.1. The number of carbonyl (C=O) groups is 1. The Hall–Kier alpha value is -2.92. The van der Waals surface area contributed by atoms with Crippen LogP contribution in [0.3, 0.4) is 0 Å². The van der Waals surface area contributed by atoms with Gasteiger partial charge in [0.25, 0.3) is 0 Å². The summed E-state index contributed by atoms with van der Waals surface area (Å²) in [6, 6.07) is 10.0. The Balaban J connectivity index is 1.93. The molecule has 1 fully saturated rings. The first-order chi connectivity index (χ1) is 15.7. The van der Waals surface area contributed by atoms with Crippen LogP contribution in [0.15, 0.2) is 36.4 Å². The average molecular weight is 479 g/mol. The van der Waals surface area contributed by atoms with Crippen LogP contribution in [0.4, 0.5) is 24.7 Å². The van der Waals surface area contributed by atoms with Crippen molar-refractivity contribution >= 4 is 28.9 Å². The summed E-state index contributed by atoms with van der Waals surface area (Å²) >= 11 is 6.25. The first-order valence-electron chi connectivity index (χ1n) is 10.9. The van der Waals surface area contributed by atoms with Gasteiger partial charge < -0.3 is 9.80 Å². The lowest BCUT2D eigenvalue weighted by Crippen LogP contribution is -2.40. The number of halogens is 4. The van der Waals surface area contributed by atoms with Crippen molar-refractivity contribution in [1.82, 2.24) is 4.90 Å². The summed E-state index contributed by atoms with van der Waals surface area (Å²) in [5, 5.41) is 8.34. The maximum atomic E-state index is 13.6. The van der Waals surface area contributed by atoms with E-state index in [2.05, 4.69) is 0 Å². The molecular weight excluding hydrogens is 453 g/mol. The Morgan fingerprint density at radius 1 is 1.30 bits per heavy atom. The molecule has 1 saturated heterocycles. The number of likely N-dealkylation sites (tertiary alicyclic amines) is 1. The molecule has 2 aromatic rings. The summed E-state index contributed by atoms with van der Waals surface area (Å²) in [6.07, 6.45) is 2.36. The third-order valence-electron chi connectivity index (χ3n) is 6.03. The standard InChI is InChI=1S/C24H26ClF3N4O/c1-3-4-16(2)24(33)30-10-9-21(15-30)31(20-8-6-17(13-29)22(25)12-20)14-18-5-7-19(26)11-23(18)32(27)28/h5-8,11-12,16,21H,3-4,9-10,14-15H2,1-2H3/t16?,21-/m0/s1. The number of carbonyl (C=O) groups excluding carboxylic acids is 1. The third kappa shape index (κ3) is 5.72. The van der Waals surface area contributed by atoms with Crippen molar-refractivity contribution in [2.24, 2.45) is 5.92 Å². The fourth-order valence-corrected chi connectivity index (χ4v) is 4.50. The zero-order valence-electron chi connectivity index (χ0n) is 18.6. The maximum Gasteiger partial charge on any atom is 0.225 e. The molecule has 0 bridgehead atoms. The number of rotatable bonds is 8. The SMILES string of the molecule is CCCC(C)C(=O)N1CC[C@H](N(Cc2ccc(F)cc2N(F)F)c2ccc(C#N)c(Cl)c2)C1. The van der Waals surface area contributed by atoms with E-state index in [-0.39, 0.29) is 35.0 Å². The lowest BCUT2D eigenvalue weighted by molar-refractivity contribution is -0.134. The molecule has 0 radical (unpaired) electrons. The van der Waals surface area contributed by atoms with Gasteiger partial charge in [-0.3, -0.25) is 4.79 Å². The average Bonchev–Trinajstić information content (AvgIpc) is 3.27. The summed E-state index contributed by atoms with van der Waals surface area (Å²) in [7, 11) is 0. The van der Waals surface area contributed by atoms with Crippen LogP contribution in [0.1, 0.15) is 44.2 Å². The summed E-state index contributed by atoms with van der Waals surface area (Å²) in [5.74, 6) is -0.759. The summed E-state index contributed by atoms with van der Waals surface area (Å²) in [4.78, 5) is 16.5. The lowest BCUT2D eigenvalue weighted by Gasteiger charge is -2.32. The molecule has 0 aliphatic carbocycles. The number of anilines is 2. The van der Waals surface area contributed by atoms with Crippen LogP contribution in [0.2, 0.25) is 5.02 Å². The molecule has 1 heterocycles. The van der Waals surface area contributed by atoms with Gasteiger partial charge in [0.05, 0.1) is 10.6 Å². The molecule has 9 heteroatoms. The molecule has 1 unspecified atom stereocenters. The quantitative estimate of drug-likeness (QED) is 0.438. The summed E-state index contributed by atoms with van der Waals surface area (Å²) in [6.45, 7) is 5.01. The van der Waals surface area contributed by atoms with Crippen LogP contribution < -0.4 is 10.2 Å².